The number of H-pyrrole nitrogens is 2. The van der Waals surface area contributed by atoms with Crippen LogP contribution < -0.4 is 5.56 Å². The number of rotatable bonds is 4. The minimum atomic E-state index is -2.70. The number of fused-ring (bicyclic) bond motifs is 2. The van der Waals surface area contributed by atoms with E-state index in [-0.39, 0.29) is 33.1 Å². The van der Waals surface area contributed by atoms with Crippen LogP contribution in [0.4, 0.5) is 17.6 Å². The average molecular weight is 432 g/mol. The van der Waals surface area contributed by atoms with E-state index < -0.39 is 35.6 Å². The van der Waals surface area contributed by atoms with Crippen molar-refractivity contribution in [2.45, 2.75) is 19.4 Å². The van der Waals surface area contributed by atoms with Crippen LogP contribution in [0.1, 0.15) is 41.1 Å². The first-order valence-electron chi connectivity index (χ1n) is 9.23. The van der Waals surface area contributed by atoms with Gasteiger partial charge in [-0.3, -0.25) is 9.59 Å². The Hall–Kier alpha value is -3.69. The lowest BCUT2D eigenvalue weighted by Crippen LogP contribution is -2.31. The van der Waals surface area contributed by atoms with E-state index in [1.54, 1.807) is 13.0 Å². The Morgan fingerprint density at radius 2 is 1.74 bits per heavy atom. The summed E-state index contributed by atoms with van der Waals surface area (Å²) in [5.41, 5.74) is -0.298. The minimum absolute atomic E-state index is 0.0615. The SMILES string of the molecule is CC(c1n[nH]c(=O)c2cc(F)c(F)cc12)N(C)C(=O)c1cc2c(C(F)F)cccc2[nH]1. The van der Waals surface area contributed by atoms with Gasteiger partial charge in [0.25, 0.3) is 17.9 Å². The number of carbonyl (C=O) groups is 1. The van der Waals surface area contributed by atoms with Crippen LogP contribution in [-0.2, 0) is 0 Å². The van der Waals surface area contributed by atoms with Crippen LogP contribution in [0.5, 0.6) is 0 Å². The topological polar surface area (TPSA) is 81.8 Å². The van der Waals surface area contributed by atoms with E-state index in [2.05, 4.69) is 15.2 Å². The molecule has 2 aromatic carbocycles. The van der Waals surface area contributed by atoms with Crippen molar-refractivity contribution in [1.82, 2.24) is 20.1 Å². The summed E-state index contributed by atoms with van der Waals surface area (Å²) >= 11 is 0. The number of hydrogen-bond acceptors (Lipinski definition) is 3. The summed E-state index contributed by atoms with van der Waals surface area (Å²) < 4.78 is 53.9. The van der Waals surface area contributed by atoms with Gasteiger partial charge >= 0.3 is 0 Å². The van der Waals surface area contributed by atoms with Crippen LogP contribution >= 0.6 is 0 Å². The first-order chi connectivity index (χ1) is 14.7. The highest BCUT2D eigenvalue weighted by Crippen LogP contribution is 2.30. The molecular formula is C21H16F4N4O2. The monoisotopic (exact) mass is 432 g/mol. The largest absolute Gasteiger partial charge is 0.351 e. The summed E-state index contributed by atoms with van der Waals surface area (Å²) in [6.07, 6.45) is -2.70. The van der Waals surface area contributed by atoms with E-state index in [1.807, 2.05) is 0 Å². The fourth-order valence-electron chi connectivity index (χ4n) is 3.53. The second-order valence-electron chi connectivity index (χ2n) is 7.13. The zero-order valence-corrected chi connectivity index (χ0v) is 16.3. The third-order valence-corrected chi connectivity index (χ3v) is 5.32. The van der Waals surface area contributed by atoms with Crippen molar-refractivity contribution in [3.63, 3.8) is 0 Å². The average Bonchev–Trinajstić information content (AvgIpc) is 3.18. The van der Waals surface area contributed by atoms with Crippen molar-refractivity contribution in [3.8, 4) is 0 Å². The zero-order chi connectivity index (χ0) is 22.4. The van der Waals surface area contributed by atoms with Gasteiger partial charge in [-0.25, -0.2) is 22.7 Å². The first kappa shape index (κ1) is 20.6. The molecule has 0 spiro atoms. The molecule has 31 heavy (non-hydrogen) atoms. The molecule has 4 rings (SSSR count). The van der Waals surface area contributed by atoms with Gasteiger partial charge in [0, 0.05) is 28.9 Å². The molecule has 6 nitrogen and oxygen atoms in total. The first-order valence-corrected chi connectivity index (χ1v) is 9.23. The molecule has 0 bridgehead atoms. The van der Waals surface area contributed by atoms with Gasteiger partial charge in [-0.15, -0.1) is 0 Å². The fourth-order valence-corrected chi connectivity index (χ4v) is 3.53. The number of hydrogen-bond donors (Lipinski definition) is 2. The lowest BCUT2D eigenvalue weighted by atomic mass is 10.1. The predicted octanol–water partition coefficient (Wildman–Crippen LogP) is 4.45. The summed E-state index contributed by atoms with van der Waals surface area (Å²) in [4.78, 5) is 29.1. The molecule has 2 heterocycles. The summed E-state index contributed by atoms with van der Waals surface area (Å²) in [5.74, 6) is -2.87. The van der Waals surface area contributed by atoms with Crippen LogP contribution in [0.3, 0.4) is 0 Å². The van der Waals surface area contributed by atoms with Gasteiger partial charge in [-0.1, -0.05) is 12.1 Å². The number of aromatic nitrogens is 3. The van der Waals surface area contributed by atoms with E-state index in [0.29, 0.717) is 5.52 Å². The molecule has 1 amide bonds. The number of nitrogens with one attached hydrogen (secondary N) is 2. The van der Waals surface area contributed by atoms with Crippen molar-refractivity contribution in [2.24, 2.45) is 0 Å². The molecule has 0 saturated heterocycles. The van der Waals surface area contributed by atoms with Gasteiger partial charge in [0.1, 0.15) is 5.69 Å². The quantitative estimate of drug-likeness (QED) is 0.468. The Morgan fingerprint density at radius 3 is 2.42 bits per heavy atom. The Kier molecular flexibility index (Phi) is 5.00. The number of halogens is 4. The van der Waals surface area contributed by atoms with Gasteiger partial charge in [-0.2, -0.15) is 5.10 Å². The molecule has 1 unspecified atom stereocenters. The van der Waals surface area contributed by atoms with Crippen molar-refractivity contribution >= 4 is 27.6 Å². The molecule has 2 N–H and O–H groups in total. The number of carbonyl (C=O) groups excluding carboxylic acids is 1. The molecule has 0 saturated carbocycles. The summed E-state index contributed by atoms with van der Waals surface area (Å²) in [5, 5.41) is 6.33. The molecule has 1 atom stereocenters. The molecule has 0 aliphatic heterocycles. The second kappa shape index (κ2) is 7.53. The normalized spacial score (nSPS) is 12.6. The summed E-state index contributed by atoms with van der Waals surface area (Å²) in [6, 6.07) is 6.53. The van der Waals surface area contributed by atoms with E-state index >= 15 is 0 Å². The molecule has 2 aromatic heterocycles. The van der Waals surface area contributed by atoms with Gasteiger partial charge in [0.05, 0.1) is 17.1 Å². The molecule has 0 radical (unpaired) electrons. The Balaban J connectivity index is 1.74. The molecule has 0 aliphatic rings. The highest BCUT2D eigenvalue weighted by molar-refractivity contribution is 5.99. The maximum atomic E-state index is 13.8. The summed E-state index contributed by atoms with van der Waals surface area (Å²) in [7, 11) is 1.45. The second-order valence-corrected chi connectivity index (χ2v) is 7.13. The van der Waals surface area contributed by atoms with Crippen molar-refractivity contribution < 1.29 is 22.4 Å². The van der Waals surface area contributed by atoms with Crippen LogP contribution in [0, 0.1) is 11.6 Å². The van der Waals surface area contributed by atoms with Crippen LogP contribution in [-0.4, -0.2) is 33.0 Å². The van der Waals surface area contributed by atoms with E-state index in [0.717, 1.165) is 12.1 Å². The number of nitrogens with zero attached hydrogens (tertiary/aromatic N) is 2. The van der Waals surface area contributed by atoms with Gasteiger partial charge in [0.2, 0.25) is 0 Å². The lowest BCUT2D eigenvalue weighted by Gasteiger charge is -2.24. The molecule has 0 fully saturated rings. The standard InChI is InChI=1S/C21H16F4N4O2/c1-9(18-12-6-14(22)15(23)7-13(12)20(30)28-27-18)29(2)21(31)17-8-11-10(19(24)25)4-3-5-16(11)26-17/h3-9,19,26H,1-2H3,(H,28,30). The van der Waals surface area contributed by atoms with Crippen molar-refractivity contribution in [2.75, 3.05) is 7.05 Å². The number of amides is 1. The maximum absolute atomic E-state index is 13.8. The van der Waals surface area contributed by atoms with Crippen molar-refractivity contribution in [3.05, 3.63) is 75.3 Å². The van der Waals surface area contributed by atoms with Gasteiger partial charge in [-0.05, 0) is 31.2 Å². The van der Waals surface area contributed by atoms with E-state index in [4.69, 9.17) is 0 Å². The lowest BCUT2D eigenvalue weighted by molar-refractivity contribution is 0.0735. The Bertz CT molecular complexity index is 1380. The van der Waals surface area contributed by atoms with E-state index in [1.165, 1.54) is 30.1 Å². The van der Waals surface area contributed by atoms with Crippen LogP contribution in [0.15, 0.2) is 41.2 Å². The molecule has 4 aromatic rings. The summed E-state index contributed by atoms with van der Waals surface area (Å²) in [6.45, 7) is 1.59. The Labute approximate surface area is 172 Å². The smallest absolute Gasteiger partial charge is 0.272 e. The third-order valence-electron chi connectivity index (χ3n) is 5.32. The highest BCUT2D eigenvalue weighted by atomic mass is 19.3. The number of benzene rings is 2. The van der Waals surface area contributed by atoms with Crippen LogP contribution in [0.2, 0.25) is 0 Å². The Morgan fingerprint density at radius 1 is 1.06 bits per heavy atom. The van der Waals surface area contributed by atoms with Gasteiger partial charge < -0.3 is 9.88 Å². The number of aromatic amines is 2. The molecule has 0 aliphatic carbocycles. The predicted molar refractivity (Wildman–Crippen MR) is 106 cm³/mol. The molecule has 160 valence electrons. The van der Waals surface area contributed by atoms with Gasteiger partial charge in [0.15, 0.2) is 11.6 Å². The maximum Gasteiger partial charge on any atom is 0.272 e. The van der Waals surface area contributed by atoms with Crippen LogP contribution in [0.25, 0.3) is 21.7 Å². The highest BCUT2D eigenvalue weighted by Gasteiger charge is 2.25. The minimum Gasteiger partial charge on any atom is -0.351 e. The zero-order valence-electron chi connectivity index (χ0n) is 16.3. The molecule has 10 heteroatoms. The van der Waals surface area contributed by atoms with Crippen molar-refractivity contribution in [1.29, 1.82) is 0 Å². The third kappa shape index (κ3) is 3.43. The fraction of sp³-hybridized carbons (Fsp3) is 0.190. The molecular weight excluding hydrogens is 416 g/mol. The number of alkyl halides is 2. The van der Waals surface area contributed by atoms with E-state index in [9.17, 15) is 27.2 Å².